The third-order valence-corrected chi connectivity index (χ3v) is 4.51. The maximum absolute atomic E-state index is 6.15. The molecular weight excluding hydrogens is 313 g/mol. The molecule has 2 aromatic carbocycles. The summed E-state index contributed by atoms with van der Waals surface area (Å²) in [7, 11) is 0. The third kappa shape index (κ3) is 3.41. The van der Waals surface area contributed by atoms with E-state index in [0.29, 0.717) is 22.3 Å². The van der Waals surface area contributed by atoms with Gasteiger partial charge in [0.15, 0.2) is 0 Å². The molecule has 0 saturated carbocycles. The van der Waals surface area contributed by atoms with Crippen LogP contribution in [-0.2, 0) is 6.54 Å². The molecule has 0 aliphatic carbocycles. The summed E-state index contributed by atoms with van der Waals surface area (Å²) < 4.78 is 5.89. The fraction of sp³-hybridized carbons (Fsp3) is 0.200. The van der Waals surface area contributed by atoms with Crippen LogP contribution in [-0.4, -0.2) is 5.75 Å². The average molecular weight is 328 g/mol. The zero-order chi connectivity index (χ0) is 14.5. The highest BCUT2D eigenvalue weighted by atomic mass is 35.5. The molecular formula is C15H15Cl2NOS. The molecule has 0 spiro atoms. The Morgan fingerprint density at radius 2 is 1.80 bits per heavy atom. The molecule has 2 aromatic rings. The van der Waals surface area contributed by atoms with Crippen LogP contribution < -0.4 is 10.5 Å². The Balaban J connectivity index is 2.38. The Hall–Kier alpha value is -0.870. The van der Waals surface area contributed by atoms with Crippen molar-refractivity contribution in [2.45, 2.75) is 18.4 Å². The molecule has 0 aliphatic heterocycles. The number of nitrogens with two attached hydrogens (primary N) is 1. The molecule has 0 bridgehead atoms. The van der Waals surface area contributed by atoms with Gasteiger partial charge in [-0.25, -0.2) is 0 Å². The number of rotatable bonds is 5. The van der Waals surface area contributed by atoms with E-state index in [1.165, 1.54) is 0 Å². The van der Waals surface area contributed by atoms with Crippen molar-refractivity contribution < 1.29 is 4.74 Å². The Kier molecular flexibility index (Phi) is 5.61. The van der Waals surface area contributed by atoms with E-state index in [0.717, 1.165) is 22.0 Å². The van der Waals surface area contributed by atoms with Gasteiger partial charge in [-0.1, -0.05) is 42.3 Å². The van der Waals surface area contributed by atoms with Crippen LogP contribution in [0.4, 0.5) is 0 Å². The predicted octanol–water partition coefficient (Wildman–Crippen LogP) is 5.36. The molecule has 0 amide bonds. The lowest BCUT2D eigenvalue weighted by Gasteiger charge is -2.14. The van der Waals surface area contributed by atoms with Crippen molar-refractivity contribution in [2.24, 2.45) is 5.73 Å². The van der Waals surface area contributed by atoms with Crippen molar-refractivity contribution >= 4 is 35.0 Å². The standard InChI is InChI=1S/C15H15Cl2NOS/c1-2-20-14-8-4-6-12(10(14)9-18)19-13-7-3-5-11(16)15(13)17/h3-8H,2,9,18H2,1H3. The van der Waals surface area contributed by atoms with Gasteiger partial charge in [0.2, 0.25) is 0 Å². The zero-order valence-corrected chi connectivity index (χ0v) is 13.4. The Bertz CT molecular complexity index is 604. The lowest BCUT2D eigenvalue weighted by Crippen LogP contribution is -2.02. The van der Waals surface area contributed by atoms with Gasteiger partial charge in [-0.05, 0) is 30.0 Å². The second-order valence-electron chi connectivity index (χ2n) is 4.02. The molecule has 0 aliphatic rings. The summed E-state index contributed by atoms with van der Waals surface area (Å²) in [5.74, 6) is 2.23. The van der Waals surface area contributed by atoms with Crippen molar-refractivity contribution in [3.8, 4) is 11.5 Å². The van der Waals surface area contributed by atoms with E-state index >= 15 is 0 Å². The summed E-state index contributed by atoms with van der Waals surface area (Å²) >= 11 is 13.9. The van der Waals surface area contributed by atoms with Gasteiger partial charge in [-0.2, -0.15) is 0 Å². The molecule has 0 fully saturated rings. The quantitative estimate of drug-likeness (QED) is 0.751. The van der Waals surface area contributed by atoms with E-state index < -0.39 is 0 Å². The lowest BCUT2D eigenvalue weighted by atomic mass is 10.2. The Labute approximate surface area is 133 Å². The smallest absolute Gasteiger partial charge is 0.147 e. The highest BCUT2D eigenvalue weighted by Crippen LogP contribution is 2.37. The predicted molar refractivity (Wildman–Crippen MR) is 87.3 cm³/mol. The highest BCUT2D eigenvalue weighted by molar-refractivity contribution is 7.99. The number of ether oxygens (including phenoxy) is 1. The van der Waals surface area contributed by atoms with Crippen molar-refractivity contribution in [1.29, 1.82) is 0 Å². The first kappa shape index (κ1) is 15.5. The maximum Gasteiger partial charge on any atom is 0.147 e. The summed E-state index contributed by atoms with van der Waals surface area (Å²) in [6, 6.07) is 11.2. The van der Waals surface area contributed by atoms with Gasteiger partial charge in [0.25, 0.3) is 0 Å². The highest BCUT2D eigenvalue weighted by Gasteiger charge is 2.12. The monoisotopic (exact) mass is 327 g/mol. The van der Waals surface area contributed by atoms with Gasteiger partial charge >= 0.3 is 0 Å². The summed E-state index contributed by atoms with van der Waals surface area (Å²) in [4.78, 5) is 1.13. The first-order valence-electron chi connectivity index (χ1n) is 6.24. The molecule has 20 heavy (non-hydrogen) atoms. The first-order valence-corrected chi connectivity index (χ1v) is 7.98. The molecule has 106 valence electrons. The van der Waals surface area contributed by atoms with Crippen molar-refractivity contribution in [3.63, 3.8) is 0 Å². The zero-order valence-electron chi connectivity index (χ0n) is 11.0. The number of hydrogen-bond acceptors (Lipinski definition) is 3. The summed E-state index contributed by atoms with van der Waals surface area (Å²) in [6.45, 7) is 2.52. The third-order valence-electron chi connectivity index (χ3n) is 2.73. The van der Waals surface area contributed by atoms with E-state index in [4.69, 9.17) is 33.7 Å². The minimum atomic E-state index is 0.408. The van der Waals surface area contributed by atoms with Gasteiger partial charge in [0, 0.05) is 17.0 Å². The summed E-state index contributed by atoms with van der Waals surface area (Å²) in [6.07, 6.45) is 0. The molecule has 2 nitrogen and oxygen atoms in total. The minimum absolute atomic E-state index is 0.408. The van der Waals surface area contributed by atoms with Crippen LogP contribution in [0.5, 0.6) is 11.5 Å². The summed E-state index contributed by atoms with van der Waals surface area (Å²) in [5.41, 5.74) is 6.83. The molecule has 0 saturated heterocycles. The van der Waals surface area contributed by atoms with Crippen LogP contribution in [0.2, 0.25) is 10.0 Å². The van der Waals surface area contributed by atoms with E-state index in [1.54, 1.807) is 30.0 Å². The van der Waals surface area contributed by atoms with Crippen molar-refractivity contribution in [1.82, 2.24) is 0 Å². The first-order chi connectivity index (χ1) is 9.67. The van der Waals surface area contributed by atoms with Crippen LogP contribution >= 0.6 is 35.0 Å². The lowest BCUT2D eigenvalue weighted by molar-refractivity contribution is 0.474. The van der Waals surface area contributed by atoms with Crippen LogP contribution in [0.25, 0.3) is 0 Å². The molecule has 2 rings (SSSR count). The minimum Gasteiger partial charge on any atom is -0.455 e. The van der Waals surface area contributed by atoms with E-state index in [2.05, 4.69) is 6.92 Å². The van der Waals surface area contributed by atoms with Crippen LogP contribution in [0, 0.1) is 0 Å². The molecule has 0 radical (unpaired) electrons. The van der Waals surface area contributed by atoms with Crippen molar-refractivity contribution in [2.75, 3.05) is 5.75 Å². The topological polar surface area (TPSA) is 35.2 Å². The number of thioether (sulfide) groups is 1. The van der Waals surface area contributed by atoms with Gasteiger partial charge < -0.3 is 10.5 Å². The number of benzene rings is 2. The van der Waals surface area contributed by atoms with Gasteiger partial charge in [-0.3, -0.25) is 0 Å². The largest absolute Gasteiger partial charge is 0.455 e. The normalized spacial score (nSPS) is 10.6. The molecule has 0 atom stereocenters. The van der Waals surface area contributed by atoms with E-state index in [9.17, 15) is 0 Å². The second-order valence-corrected chi connectivity index (χ2v) is 6.12. The number of hydrogen-bond donors (Lipinski definition) is 1. The van der Waals surface area contributed by atoms with Gasteiger partial charge in [0.05, 0.1) is 5.02 Å². The molecule has 2 N–H and O–H groups in total. The molecule has 0 unspecified atom stereocenters. The molecule has 0 aromatic heterocycles. The summed E-state index contributed by atoms with van der Waals surface area (Å²) in [5, 5.41) is 0.878. The van der Waals surface area contributed by atoms with Gasteiger partial charge in [0.1, 0.15) is 16.5 Å². The van der Waals surface area contributed by atoms with Crippen molar-refractivity contribution in [3.05, 3.63) is 52.0 Å². The fourth-order valence-electron chi connectivity index (χ4n) is 1.81. The van der Waals surface area contributed by atoms with E-state index in [-0.39, 0.29) is 0 Å². The van der Waals surface area contributed by atoms with Gasteiger partial charge in [-0.15, -0.1) is 11.8 Å². The second kappa shape index (κ2) is 7.23. The van der Waals surface area contributed by atoms with Crippen LogP contribution in [0.3, 0.4) is 0 Å². The SMILES string of the molecule is CCSc1cccc(Oc2cccc(Cl)c2Cl)c1CN. The maximum atomic E-state index is 6.15. The Morgan fingerprint density at radius 3 is 2.50 bits per heavy atom. The van der Waals surface area contributed by atoms with Crippen LogP contribution in [0.15, 0.2) is 41.3 Å². The number of halogens is 2. The fourth-order valence-corrected chi connectivity index (χ4v) is 2.99. The molecule has 5 heteroatoms. The van der Waals surface area contributed by atoms with E-state index in [1.807, 2.05) is 18.2 Å². The molecule has 0 heterocycles. The van der Waals surface area contributed by atoms with Crippen LogP contribution in [0.1, 0.15) is 12.5 Å². The Morgan fingerprint density at radius 1 is 1.10 bits per heavy atom. The average Bonchev–Trinajstić information content (AvgIpc) is 2.44.